The van der Waals surface area contributed by atoms with Gasteiger partial charge in [-0.25, -0.2) is 14.4 Å². The molecule has 0 aliphatic rings. The molecule has 0 bridgehead atoms. The van der Waals surface area contributed by atoms with Gasteiger partial charge < -0.3 is 71.4 Å². The second-order valence-electron chi connectivity index (χ2n) is 21.1. The summed E-state index contributed by atoms with van der Waals surface area (Å²) in [4.78, 5) is 110. The minimum atomic E-state index is -0.534. The Morgan fingerprint density at radius 1 is 0.266 bits per heavy atom. The first-order valence-corrected chi connectivity index (χ1v) is 32.8. The van der Waals surface area contributed by atoms with Gasteiger partial charge in [0.2, 0.25) is 5.75 Å². The smallest absolute Gasteiger partial charge is 0.343 e. The molecule has 10 rings (SSSR count). The highest BCUT2D eigenvalue weighted by Gasteiger charge is 2.18. The van der Waals surface area contributed by atoms with Gasteiger partial charge in [-0.15, -0.1) is 0 Å². The molecule has 0 aromatic heterocycles. The van der Waals surface area contributed by atoms with Gasteiger partial charge in [0, 0.05) is 27.8 Å². The number of carbonyl (C=O) groups excluding carboxylic acids is 10. The van der Waals surface area contributed by atoms with E-state index in [0.29, 0.717) is 147 Å². The first-order chi connectivity index (χ1) is 52.9. The van der Waals surface area contributed by atoms with E-state index in [-0.39, 0.29) is 40.1 Å². The highest BCUT2D eigenvalue weighted by atomic mass is 16.6. The molecule has 0 radical (unpaired) electrons. The molecule has 0 amide bonds. The van der Waals surface area contributed by atoms with Crippen molar-refractivity contribution in [3.63, 3.8) is 0 Å². The Hall–Kier alpha value is -14.1. The number of para-hydroxylation sites is 2. The lowest BCUT2D eigenvalue weighted by Gasteiger charge is -2.10. The summed E-state index contributed by atoms with van der Waals surface area (Å²) < 4.78 is 71.7. The van der Waals surface area contributed by atoms with Crippen LogP contribution >= 0.6 is 0 Å². The third-order valence-corrected chi connectivity index (χ3v) is 14.2. The average Bonchev–Trinajstić information content (AvgIpc) is 0.875. The number of ether oxygens (including phenoxy) is 14. The van der Waals surface area contributed by atoms with E-state index in [4.69, 9.17) is 66.3 Å². The maximum atomic E-state index is 12.0. The maximum absolute atomic E-state index is 12.0. The second-order valence-corrected chi connectivity index (χ2v) is 21.1. The van der Waals surface area contributed by atoms with E-state index in [1.807, 2.05) is 32.9 Å². The Morgan fingerprint density at radius 3 is 0.945 bits per heavy atom. The normalized spacial score (nSPS) is 9.57. The van der Waals surface area contributed by atoms with Crippen molar-refractivity contribution in [3.05, 3.63) is 268 Å². The summed E-state index contributed by atoms with van der Waals surface area (Å²) in [7, 11) is 11.8. The third kappa shape index (κ3) is 27.8. The number of phenols is 1. The van der Waals surface area contributed by atoms with E-state index in [2.05, 4.69) is 0 Å². The Balaban J connectivity index is 0.000000271. The molecule has 1 N–H and O–H groups in total. The van der Waals surface area contributed by atoms with Gasteiger partial charge in [-0.2, -0.15) is 0 Å². The fourth-order valence-electron chi connectivity index (χ4n) is 8.91. The van der Waals surface area contributed by atoms with Crippen molar-refractivity contribution in [1.82, 2.24) is 0 Å². The molecule has 25 heteroatoms. The van der Waals surface area contributed by atoms with Crippen molar-refractivity contribution >= 4 is 61.9 Å². The number of benzene rings is 10. The molecule has 0 saturated heterocycles. The van der Waals surface area contributed by atoms with E-state index < -0.39 is 17.9 Å². The Labute approximate surface area is 630 Å². The first kappa shape index (κ1) is 87.3. The highest BCUT2D eigenvalue weighted by Crippen LogP contribution is 2.37. The fraction of sp³-hybridized carbons (Fsp3) is 0.167. The number of aldehydes is 7. The van der Waals surface area contributed by atoms with Crippen LogP contribution in [0.15, 0.2) is 212 Å². The molecule has 0 saturated carbocycles. The van der Waals surface area contributed by atoms with Gasteiger partial charge in [0.15, 0.2) is 93.1 Å². The van der Waals surface area contributed by atoms with Crippen LogP contribution in [-0.4, -0.2) is 144 Å². The van der Waals surface area contributed by atoms with Crippen molar-refractivity contribution in [2.75, 3.05) is 76.7 Å². The lowest BCUT2D eigenvalue weighted by molar-refractivity contribution is 0.0719. The quantitative estimate of drug-likeness (QED) is 0.0284. The zero-order chi connectivity index (χ0) is 79.9. The Morgan fingerprint density at radius 2 is 0.569 bits per heavy atom. The van der Waals surface area contributed by atoms with Crippen molar-refractivity contribution in [2.24, 2.45) is 0 Å². The molecular formula is C84H82O25. The molecule has 0 aliphatic carbocycles. The monoisotopic (exact) mass is 1490 g/mol. The number of phenolic OH excluding ortho intramolecular Hbond substituents is 1. The minimum absolute atomic E-state index is 0.101. The summed E-state index contributed by atoms with van der Waals surface area (Å²) in [6.45, 7) is 7.29. The maximum Gasteiger partial charge on any atom is 0.343 e. The zero-order valence-corrected chi connectivity index (χ0v) is 61.6. The van der Waals surface area contributed by atoms with Gasteiger partial charge in [0.25, 0.3) is 0 Å². The molecule has 10 aromatic carbocycles. The van der Waals surface area contributed by atoms with Crippen molar-refractivity contribution < 1.29 is 119 Å². The van der Waals surface area contributed by atoms with Crippen LogP contribution in [0.3, 0.4) is 0 Å². The van der Waals surface area contributed by atoms with E-state index in [1.54, 1.807) is 191 Å². The summed E-state index contributed by atoms with van der Waals surface area (Å²) in [5.41, 5.74) is 4.50. The highest BCUT2D eigenvalue weighted by molar-refractivity contribution is 5.94. The summed E-state index contributed by atoms with van der Waals surface area (Å²) in [6.07, 6.45) is 4.97. The van der Waals surface area contributed by atoms with Crippen LogP contribution in [0.1, 0.15) is 124 Å². The van der Waals surface area contributed by atoms with Gasteiger partial charge in [0.1, 0.15) is 31.4 Å². The Bertz CT molecular complexity index is 4530. The van der Waals surface area contributed by atoms with Crippen LogP contribution < -0.4 is 66.3 Å². The number of carbonyl (C=O) groups is 10. The number of hydrogen-bond donors (Lipinski definition) is 1. The van der Waals surface area contributed by atoms with E-state index in [1.165, 1.54) is 65.9 Å². The van der Waals surface area contributed by atoms with Crippen LogP contribution in [-0.2, 0) is 0 Å². The first-order valence-electron chi connectivity index (χ1n) is 32.8. The molecule has 10 aromatic rings. The molecular weight excluding hydrogens is 1410 g/mol. The standard InChI is InChI=1S/3C15H12O4.3C10H12O3.C9H10O4/c1-18-13-9-5-8-12(10-16)14(13)19-15(17)11-6-3-2-4-7-11;1-18-14-9-11(10-16)7-8-13(14)19-15(17)12-5-3-2-4-6-12;1-18-13-8-7-11(10-16)9-14(13)19-15(17)12-5-3-2-4-6-12;1-3-13-9-5-4-8(7-11)6-10(9)12-2;1-3-13-10-6-8(7-11)4-5-9(10)12-2;1-3-13-10-8(7-11)5-4-6-9(10)12-2;1-12-7-3-6(5-10)4-8(13-2)9(7)11/h3*2-10H,1H3;3*4-7H,3H2,1-2H3;3-5,11H,1-2H3. The van der Waals surface area contributed by atoms with Crippen LogP contribution in [0.25, 0.3) is 0 Å². The van der Waals surface area contributed by atoms with E-state index in [0.717, 1.165) is 18.9 Å². The number of rotatable bonds is 27. The van der Waals surface area contributed by atoms with Gasteiger partial charge >= 0.3 is 17.9 Å². The minimum Gasteiger partial charge on any atom is -0.502 e. The average molecular weight is 1490 g/mol. The topological polar surface area (TPSA) is 320 Å². The molecule has 0 aliphatic heterocycles. The lowest BCUT2D eigenvalue weighted by atomic mass is 10.2. The predicted octanol–water partition coefficient (Wildman–Crippen LogP) is 15.1. The fourth-order valence-corrected chi connectivity index (χ4v) is 8.91. The molecule has 0 atom stereocenters. The van der Waals surface area contributed by atoms with Crippen molar-refractivity contribution in [2.45, 2.75) is 20.8 Å². The lowest BCUT2D eigenvalue weighted by Crippen LogP contribution is -2.10. The van der Waals surface area contributed by atoms with Gasteiger partial charge in [-0.3, -0.25) is 33.6 Å². The van der Waals surface area contributed by atoms with E-state index in [9.17, 15) is 53.1 Å². The summed E-state index contributed by atoms with van der Waals surface area (Å²) in [5.74, 6) is 4.17. The summed E-state index contributed by atoms with van der Waals surface area (Å²) in [6, 6.07) is 58.1. The van der Waals surface area contributed by atoms with Gasteiger partial charge in [0.05, 0.1) is 105 Å². The molecule has 25 nitrogen and oxygen atoms in total. The van der Waals surface area contributed by atoms with Gasteiger partial charge in [-0.05, 0) is 166 Å². The molecule has 0 unspecified atom stereocenters. The third-order valence-electron chi connectivity index (χ3n) is 14.2. The molecule has 0 heterocycles. The number of aromatic hydroxyl groups is 1. The van der Waals surface area contributed by atoms with E-state index >= 15 is 0 Å². The van der Waals surface area contributed by atoms with Crippen LogP contribution in [0, 0.1) is 0 Å². The molecule has 0 spiro atoms. The molecule has 568 valence electrons. The van der Waals surface area contributed by atoms with Crippen LogP contribution in [0.5, 0.6) is 86.2 Å². The van der Waals surface area contributed by atoms with Crippen molar-refractivity contribution in [3.8, 4) is 86.2 Å². The SMILES string of the molecule is CCOc1c(C=O)cccc1OC.CCOc1cc(C=O)ccc1OC.CCOc1ccc(C=O)cc1OC.COc1cc(C=O)cc(OC)c1O.COc1cc(C=O)ccc1OC(=O)c1ccccc1.COc1ccc(C=O)cc1OC(=O)c1ccccc1.COc1cccc(C=O)c1OC(=O)c1ccccc1. The van der Waals surface area contributed by atoms with Crippen LogP contribution in [0.4, 0.5) is 0 Å². The van der Waals surface area contributed by atoms with Crippen LogP contribution in [0.2, 0.25) is 0 Å². The van der Waals surface area contributed by atoms with Crippen molar-refractivity contribution in [1.29, 1.82) is 0 Å². The molecule has 109 heavy (non-hydrogen) atoms. The predicted molar refractivity (Wildman–Crippen MR) is 405 cm³/mol. The summed E-state index contributed by atoms with van der Waals surface area (Å²) >= 11 is 0. The number of esters is 3. The number of hydrogen-bond acceptors (Lipinski definition) is 25. The van der Waals surface area contributed by atoms with Gasteiger partial charge in [-0.1, -0.05) is 66.7 Å². The number of methoxy groups -OCH3 is 8. The second kappa shape index (κ2) is 48.8. The largest absolute Gasteiger partial charge is 0.502 e. The zero-order valence-electron chi connectivity index (χ0n) is 61.6. The molecule has 0 fully saturated rings. The summed E-state index contributed by atoms with van der Waals surface area (Å²) in [5, 5.41) is 9.44. The Kier molecular flexibility index (Phi) is 39.1.